The van der Waals surface area contributed by atoms with Gasteiger partial charge in [0.1, 0.15) is 12.4 Å². The number of rotatable bonds is 7. The molecule has 0 bridgehead atoms. The highest BCUT2D eigenvalue weighted by atomic mass is 127. The lowest BCUT2D eigenvalue weighted by molar-refractivity contribution is -0.113. The highest BCUT2D eigenvalue weighted by molar-refractivity contribution is 14.1. The first kappa shape index (κ1) is 16.3. The second-order valence-corrected chi connectivity index (χ2v) is 5.08. The van der Waals surface area contributed by atoms with E-state index in [4.69, 9.17) is 15.6 Å². The number of halogens is 1. The van der Waals surface area contributed by atoms with E-state index in [9.17, 15) is 9.59 Å². The zero-order valence-corrected chi connectivity index (χ0v) is 12.8. The molecule has 1 rings (SSSR count). The van der Waals surface area contributed by atoms with E-state index in [1.807, 2.05) is 24.3 Å². The molecule has 0 aliphatic heterocycles. The van der Waals surface area contributed by atoms with Crippen molar-refractivity contribution in [2.24, 2.45) is 5.73 Å². The largest absolute Gasteiger partial charge is 0.492 e. The zero-order valence-electron chi connectivity index (χ0n) is 10.7. The molecule has 6 nitrogen and oxygen atoms in total. The van der Waals surface area contributed by atoms with Crippen LogP contribution in [0.4, 0.5) is 4.79 Å². The van der Waals surface area contributed by atoms with Crippen molar-refractivity contribution in [3.8, 4) is 5.75 Å². The van der Waals surface area contributed by atoms with Crippen LogP contribution in [0.2, 0.25) is 0 Å². The van der Waals surface area contributed by atoms with Crippen LogP contribution in [0.15, 0.2) is 36.4 Å². The van der Waals surface area contributed by atoms with Gasteiger partial charge in [-0.1, -0.05) is 6.08 Å². The Balaban J connectivity index is 2.41. The molecule has 0 aromatic heterocycles. The third-order valence-corrected chi connectivity index (χ3v) is 3.04. The molecule has 3 N–H and O–H groups in total. The number of hydrogen-bond acceptors (Lipinski definition) is 3. The molecule has 0 radical (unpaired) electrons. The third-order valence-electron chi connectivity index (χ3n) is 2.32. The molecule has 20 heavy (non-hydrogen) atoms. The Morgan fingerprint density at radius 3 is 2.55 bits per heavy atom. The van der Waals surface area contributed by atoms with Gasteiger partial charge in [-0.25, -0.2) is 4.79 Å². The zero-order chi connectivity index (χ0) is 15.0. The number of carboxylic acid groups (broad SMARTS) is 1. The Morgan fingerprint density at radius 2 is 2.00 bits per heavy atom. The van der Waals surface area contributed by atoms with Crippen LogP contribution in [0.5, 0.6) is 5.75 Å². The summed E-state index contributed by atoms with van der Waals surface area (Å²) >= 11 is 2.19. The molecule has 0 spiro atoms. The smallest absolute Gasteiger partial charge is 0.407 e. The average molecular weight is 390 g/mol. The SMILES string of the molecule is NC(=O)/C=C/CN(CCOc1ccc(I)cc1)C(=O)O. The summed E-state index contributed by atoms with van der Waals surface area (Å²) in [4.78, 5) is 22.6. The van der Waals surface area contributed by atoms with E-state index in [1.165, 1.54) is 6.08 Å². The van der Waals surface area contributed by atoms with E-state index in [-0.39, 0.29) is 19.7 Å². The molecule has 0 saturated heterocycles. The Labute approximate surface area is 130 Å². The molecule has 0 saturated carbocycles. The van der Waals surface area contributed by atoms with E-state index >= 15 is 0 Å². The number of hydrogen-bond donors (Lipinski definition) is 2. The fraction of sp³-hybridized carbons (Fsp3) is 0.231. The average Bonchev–Trinajstić information content (AvgIpc) is 2.38. The molecule has 0 unspecified atom stereocenters. The second kappa shape index (κ2) is 8.41. The highest BCUT2D eigenvalue weighted by Crippen LogP contribution is 2.13. The standard InChI is InChI=1S/C13H15IN2O4/c14-10-3-5-11(6-4-10)20-9-8-16(13(18)19)7-1-2-12(15)17/h1-6H,7-9H2,(H2,15,17)(H,18,19)/b2-1+. The van der Waals surface area contributed by atoms with Gasteiger partial charge in [0.25, 0.3) is 0 Å². The number of nitrogens with zero attached hydrogens (tertiary/aromatic N) is 1. The summed E-state index contributed by atoms with van der Waals surface area (Å²) in [5.74, 6) is 0.0777. The molecule has 7 heteroatoms. The molecule has 0 fully saturated rings. The van der Waals surface area contributed by atoms with Crippen LogP contribution < -0.4 is 10.5 Å². The minimum absolute atomic E-state index is 0.0916. The topological polar surface area (TPSA) is 92.9 Å². The first-order valence-electron chi connectivity index (χ1n) is 5.81. The molecule has 1 aromatic carbocycles. The van der Waals surface area contributed by atoms with Crippen molar-refractivity contribution in [2.75, 3.05) is 19.7 Å². The molecule has 0 aliphatic carbocycles. The highest BCUT2D eigenvalue weighted by Gasteiger charge is 2.09. The maximum atomic E-state index is 11.0. The van der Waals surface area contributed by atoms with Crippen LogP contribution in [-0.4, -0.2) is 41.7 Å². The van der Waals surface area contributed by atoms with E-state index in [0.29, 0.717) is 5.75 Å². The lowest BCUT2D eigenvalue weighted by Gasteiger charge is -2.17. The monoisotopic (exact) mass is 390 g/mol. The van der Waals surface area contributed by atoms with Crippen LogP contribution in [0.1, 0.15) is 0 Å². The van der Waals surface area contributed by atoms with Crippen LogP contribution in [0.3, 0.4) is 0 Å². The van der Waals surface area contributed by atoms with Gasteiger partial charge >= 0.3 is 6.09 Å². The summed E-state index contributed by atoms with van der Waals surface area (Å²) in [5, 5.41) is 8.99. The van der Waals surface area contributed by atoms with Crippen LogP contribution >= 0.6 is 22.6 Å². The van der Waals surface area contributed by atoms with E-state index in [2.05, 4.69) is 22.6 Å². The van der Waals surface area contributed by atoms with Gasteiger partial charge in [-0.05, 0) is 46.9 Å². The number of carbonyl (C=O) groups is 2. The maximum absolute atomic E-state index is 11.0. The molecule has 0 aliphatic rings. The fourth-order valence-electron chi connectivity index (χ4n) is 1.37. The molecule has 1 aromatic rings. The van der Waals surface area contributed by atoms with Gasteiger partial charge in [0.2, 0.25) is 5.91 Å². The lowest BCUT2D eigenvalue weighted by Crippen LogP contribution is -2.33. The predicted molar refractivity (Wildman–Crippen MR) is 82.6 cm³/mol. The summed E-state index contributed by atoms with van der Waals surface area (Å²) in [6.45, 7) is 0.524. The van der Waals surface area contributed by atoms with Gasteiger partial charge < -0.3 is 20.5 Å². The van der Waals surface area contributed by atoms with Gasteiger partial charge in [0, 0.05) is 16.2 Å². The first-order valence-corrected chi connectivity index (χ1v) is 6.89. The summed E-state index contributed by atoms with van der Waals surface area (Å²) in [7, 11) is 0. The van der Waals surface area contributed by atoms with Gasteiger partial charge in [-0.2, -0.15) is 0 Å². The molecule has 2 amide bonds. The summed E-state index contributed by atoms with van der Waals surface area (Å²) in [6.07, 6.45) is 1.46. The van der Waals surface area contributed by atoms with Gasteiger partial charge in [-0.15, -0.1) is 0 Å². The number of carbonyl (C=O) groups excluding carboxylic acids is 1. The predicted octanol–water partition coefficient (Wildman–Crippen LogP) is 1.69. The first-order chi connectivity index (χ1) is 9.49. The Hall–Kier alpha value is -1.77. The van der Waals surface area contributed by atoms with Gasteiger partial charge in [0.15, 0.2) is 0 Å². The van der Waals surface area contributed by atoms with Crippen molar-refractivity contribution in [3.05, 3.63) is 40.0 Å². The Morgan fingerprint density at radius 1 is 1.35 bits per heavy atom. The second-order valence-electron chi connectivity index (χ2n) is 3.84. The lowest BCUT2D eigenvalue weighted by atomic mass is 10.3. The van der Waals surface area contributed by atoms with Crippen molar-refractivity contribution < 1.29 is 19.4 Å². The van der Waals surface area contributed by atoms with E-state index in [0.717, 1.165) is 14.5 Å². The molecular weight excluding hydrogens is 375 g/mol. The van der Waals surface area contributed by atoms with Crippen molar-refractivity contribution in [2.45, 2.75) is 0 Å². The summed E-state index contributed by atoms with van der Waals surface area (Å²) in [5.41, 5.74) is 4.93. The quantitative estimate of drug-likeness (QED) is 0.548. The summed E-state index contributed by atoms with van der Waals surface area (Å²) in [6, 6.07) is 7.45. The number of nitrogens with two attached hydrogens (primary N) is 1. The third kappa shape index (κ3) is 6.41. The van der Waals surface area contributed by atoms with Crippen LogP contribution in [0.25, 0.3) is 0 Å². The molecule has 0 heterocycles. The van der Waals surface area contributed by atoms with Gasteiger partial charge in [0.05, 0.1) is 6.54 Å². The Kier molecular flexibility index (Phi) is 6.85. The van der Waals surface area contributed by atoms with E-state index in [1.54, 1.807) is 0 Å². The van der Waals surface area contributed by atoms with E-state index < -0.39 is 12.0 Å². The van der Waals surface area contributed by atoms with Crippen LogP contribution in [0, 0.1) is 3.57 Å². The maximum Gasteiger partial charge on any atom is 0.407 e. The number of ether oxygens (including phenoxy) is 1. The van der Waals surface area contributed by atoms with Crippen molar-refractivity contribution >= 4 is 34.6 Å². The van der Waals surface area contributed by atoms with Crippen molar-refractivity contribution in [1.82, 2.24) is 4.90 Å². The van der Waals surface area contributed by atoms with Crippen molar-refractivity contribution in [3.63, 3.8) is 0 Å². The minimum atomic E-state index is -1.08. The minimum Gasteiger partial charge on any atom is -0.492 e. The number of benzene rings is 1. The Bertz CT molecular complexity index is 488. The fourth-order valence-corrected chi connectivity index (χ4v) is 1.73. The molecule has 0 atom stereocenters. The molecular formula is C13H15IN2O4. The number of amides is 2. The number of primary amides is 1. The molecule has 108 valence electrons. The normalized spacial score (nSPS) is 10.4. The summed E-state index contributed by atoms with van der Waals surface area (Å²) < 4.78 is 6.54. The van der Waals surface area contributed by atoms with Gasteiger partial charge in [-0.3, -0.25) is 4.79 Å². The van der Waals surface area contributed by atoms with Crippen LogP contribution in [-0.2, 0) is 4.79 Å². The van der Waals surface area contributed by atoms with Crippen molar-refractivity contribution in [1.29, 1.82) is 0 Å².